The summed E-state index contributed by atoms with van der Waals surface area (Å²) in [5.74, 6) is 0.0314. The van der Waals surface area contributed by atoms with Gasteiger partial charge < -0.3 is 4.90 Å². The number of nitrogens with zero attached hydrogens (tertiary/aromatic N) is 3. The minimum absolute atomic E-state index is 0.0314. The quantitative estimate of drug-likeness (QED) is 0.768. The van der Waals surface area contributed by atoms with Gasteiger partial charge in [-0.05, 0) is 62.5 Å². The second-order valence-corrected chi connectivity index (χ2v) is 7.96. The van der Waals surface area contributed by atoms with Gasteiger partial charge in [0.25, 0.3) is 5.91 Å². The molecule has 0 saturated carbocycles. The van der Waals surface area contributed by atoms with Crippen molar-refractivity contribution in [3.63, 3.8) is 0 Å². The van der Waals surface area contributed by atoms with Crippen LogP contribution >= 0.6 is 23.2 Å². The highest BCUT2D eigenvalue weighted by atomic mass is 35.5. The second kappa shape index (κ2) is 7.20. The molecule has 138 valence electrons. The minimum Gasteiger partial charge on any atom is -0.309 e. The molecule has 0 radical (unpaired) electrons. The van der Waals surface area contributed by atoms with Gasteiger partial charge in [-0.3, -0.25) is 4.79 Å². The van der Waals surface area contributed by atoms with E-state index in [1.165, 1.54) is 0 Å². The van der Waals surface area contributed by atoms with Crippen LogP contribution in [-0.4, -0.2) is 50.6 Å². The Labute approximate surface area is 164 Å². The molecule has 2 aromatic rings. The number of benzene rings is 2. The van der Waals surface area contributed by atoms with Gasteiger partial charge in [-0.1, -0.05) is 41.4 Å². The third-order valence-corrected chi connectivity index (χ3v) is 5.36. The van der Waals surface area contributed by atoms with Crippen molar-refractivity contribution in [1.29, 1.82) is 0 Å². The van der Waals surface area contributed by atoms with Crippen molar-refractivity contribution >= 4 is 34.8 Å². The molecule has 26 heavy (non-hydrogen) atoms. The van der Waals surface area contributed by atoms with E-state index in [-0.39, 0.29) is 5.91 Å². The van der Waals surface area contributed by atoms with Crippen LogP contribution in [0.2, 0.25) is 10.0 Å². The molecule has 0 aromatic heterocycles. The molecule has 0 bridgehead atoms. The van der Waals surface area contributed by atoms with Gasteiger partial charge in [0.1, 0.15) is 5.41 Å². The normalized spacial score (nSPS) is 19.5. The van der Waals surface area contributed by atoms with Crippen molar-refractivity contribution < 1.29 is 4.79 Å². The summed E-state index contributed by atoms with van der Waals surface area (Å²) in [4.78, 5) is 15.8. The molecule has 1 atom stereocenters. The zero-order valence-corrected chi connectivity index (χ0v) is 17.0. The zero-order chi connectivity index (χ0) is 19.1. The SMILES string of the molecule is CN(C)CCC1(c2ccc(Cl)cc2)C(=O)N(N(C)C)c2cc(Cl)ccc21. The van der Waals surface area contributed by atoms with Crippen LogP contribution in [0.1, 0.15) is 17.5 Å². The van der Waals surface area contributed by atoms with E-state index < -0.39 is 5.41 Å². The Balaban J connectivity index is 2.26. The summed E-state index contributed by atoms with van der Waals surface area (Å²) >= 11 is 12.3. The number of carbonyl (C=O) groups is 1. The van der Waals surface area contributed by atoms with E-state index in [2.05, 4.69) is 4.90 Å². The van der Waals surface area contributed by atoms with Gasteiger partial charge in [-0.25, -0.2) is 10.0 Å². The van der Waals surface area contributed by atoms with Crippen LogP contribution in [0, 0.1) is 0 Å². The number of fused-ring (bicyclic) bond motifs is 1. The standard InChI is InChI=1S/C20H23Cl2N3O/c1-23(2)12-11-20(14-5-7-15(21)8-6-14)17-10-9-16(22)13-18(17)25(19(20)26)24(3)4/h5-10,13H,11-12H2,1-4H3. The molecule has 2 aromatic carbocycles. The smallest absolute Gasteiger partial charge is 0.256 e. The summed E-state index contributed by atoms with van der Waals surface area (Å²) < 4.78 is 0. The zero-order valence-electron chi connectivity index (χ0n) is 15.5. The third kappa shape index (κ3) is 3.12. The molecule has 1 unspecified atom stereocenters. The van der Waals surface area contributed by atoms with Gasteiger partial charge >= 0.3 is 0 Å². The monoisotopic (exact) mass is 391 g/mol. The Morgan fingerprint density at radius 3 is 2.15 bits per heavy atom. The lowest BCUT2D eigenvalue weighted by Crippen LogP contribution is -2.48. The molecule has 1 aliphatic rings. The number of rotatable bonds is 5. The van der Waals surface area contributed by atoms with E-state index in [1.807, 2.05) is 75.7 Å². The molecule has 1 aliphatic heterocycles. The van der Waals surface area contributed by atoms with Gasteiger partial charge in [0.2, 0.25) is 0 Å². The molecule has 6 heteroatoms. The van der Waals surface area contributed by atoms with Crippen molar-refractivity contribution in [1.82, 2.24) is 9.91 Å². The van der Waals surface area contributed by atoms with Crippen molar-refractivity contribution in [2.45, 2.75) is 11.8 Å². The van der Waals surface area contributed by atoms with E-state index in [0.29, 0.717) is 16.5 Å². The molecule has 0 aliphatic carbocycles. The van der Waals surface area contributed by atoms with Crippen LogP contribution < -0.4 is 5.01 Å². The second-order valence-electron chi connectivity index (χ2n) is 7.09. The molecule has 0 spiro atoms. The minimum atomic E-state index is -0.765. The highest BCUT2D eigenvalue weighted by Gasteiger charge is 2.52. The fourth-order valence-corrected chi connectivity index (χ4v) is 3.93. The maximum atomic E-state index is 13.7. The fraction of sp³-hybridized carbons (Fsp3) is 0.350. The van der Waals surface area contributed by atoms with E-state index >= 15 is 0 Å². The van der Waals surface area contributed by atoms with Crippen LogP contribution in [0.15, 0.2) is 42.5 Å². The molecule has 3 rings (SSSR count). The predicted molar refractivity (Wildman–Crippen MR) is 108 cm³/mol. The average molecular weight is 392 g/mol. The maximum absolute atomic E-state index is 13.7. The molecule has 1 amide bonds. The van der Waals surface area contributed by atoms with Crippen LogP contribution in [-0.2, 0) is 10.2 Å². The highest BCUT2D eigenvalue weighted by molar-refractivity contribution is 6.31. The number of carbonyl (C=O) groups excluding carboxylic acids is 1. The molecular weight excluding hydrogens is 369 g/mol. The third-order valence-electron chi connectivity index (χ3n) is 4.88. The van der Waals surface area contributed by atoms with E-state index in [9.17, 15) is 4.79 Å². The lowest BCUT2D eigenvalue weighted by Gasteiger charge is -2.32. The summed E-state index contributed by atoms with van der Waals surface area (Å²) in [6.45, 7) is 0.775. The molecule has 1 heterocycles. The Morgan fingerprint density at radius 1 is 0.962 bits per heavy atom. The topological polar surface area (TPSA) is 26.8 Å². The molecule has 0 N–H and O–H groups in total. The molecule has 4 nitrogen and oxygen atoms in total. The van der Waals surface area contributed by atoms with Crippen molar-refractivity contribution in [2.75, 3.05) is 39.7 Å². The number of anilines is 1. The first kappa shape index (κ1) is 19.2. The van der Waals surface area contributed by atoms with E-state index in [0.717, 1.165) is 23.4 Å². The lowest BCUT2D eigenvalue weighted by molar-refractivity contribution is -0.124. The van der Waals surface area contributed by atoms with Gasteiger partial charge in [0, 0.05) is 24.1 Å². The van der Waals surface area contributed by atoms with Crippen molar-refractivity contribution in [2.24, 2.45) is 0 Å². The number of hydrogen-bond acceptors (Lipinski definition) is 3. The van der Waals surface area contributed by atoms with Crippen LogP contribution in [0.5, 0.6) is 0 Å². The van der Waals surface area contributed by atoms with Crippen molar-refractivity contribution in [3.05, 3.63) is 63.6 Å². The van der Waals surface area contributed by atoms with Gasteiger partial charge in [-0.15, -0.1) is 0 Å². The first-order valence-electron chi connectivity index (χ1n) is 8.50. The van der Waals surface area contributed by atoms with E-state index in [1.54, 1.807) is 5.01 Å². The average Bonchev–Trinajstić information content (AvgIpc) is 2.82. The molecule has 0 saturated heterocycles. The van der Waals surface area contributed by atoms with Gasteiger partial charge in [0.05, 0.1) is 5.69 Å². The van der Waals surface area contributed by atoms with Gasteiger partial charge in [-0.2, -0.15) is 0 Å². The summed E-state index contributed by atoms with van der Waals surface area (Å²) in [7, 11) is 7.77. The summed E-state index contributed by atoms with van der Waals surface area (Å²) in [5, 5.41) is 4.79. The Kier molecular flexibility index (Phi) is 5.31. The van der Waals surface area contributed by atoms with Crippen molar-refractivity contribution in [3.8, 4) is 0 Å². The maximum Gasteiger partial charge on any atom is 0.256 e. The largest absolute Gasteiger partial charge is 0.309 e. The fourth-order valence-electron chi connectivity index (χ4n) is 3.63. The molecule has 0 fully saturated rings. The summed E-state index contributed by atoms with van der Waals surface area (Å²) in [5.41, 5.74) is 1.99. The summed E-state index contributed by atoms with van der Waals surface area (Å²) in [6.07, 6.45) is 0.666. The van der Waals surface area contributed by atoms with Crippen LogP contribution in [0.3, 0.4) is 0 Å². The number of hydrazine groups is 1. The Bertz CT molecular complexity index is 820. The van der Waals surface area contributed by atoms with Gasteiger partial charge in [0.15, 0.2) is 0 Å². The number of hydrogen-bond donors (Lipinski definition) is 0. The molecular formula is C20H23Cl2N3O. The lowest BCUT2D eigenvalue weighted by atomic mass is 9.73. The first-order chi connectivity index (χ1) is 12.3. The van der Waals surface area contributed by atoms with Crippen LogP contribution in [0.4, 0.5) is 5.69 Å². The highest BCUT2D eigenvalue weighted by Crippen LogP contribution is 2.49. The Hall–Kier alpha value is -1.59. The van der Waals surface area contributed by atoms with Crippen LogP contribution in [0.25, 0.3) is 0 Å². The number of amides is 1. The van der Waals surface area contributed by atoms with E-state index in [4.69, 9.17) is 23.2 Å². The Morgan fingerprint density at radius 2 is 1.58 bits per heavy atom. The predicted octanol–water partition coefficient (Wildman–Crippen LogP) is 4.05. The first-order valence-corrected chi connectivity index (χ1v) is 9.25. The number of halogens is 2. The summed E-state index contributed by atoms with van der Waals surface area (Å²) in [6, 6.07) is 13.3.